The van der Waals surface area contributed by atoms with Crippen LogP contribution < -0.4 is 5.32 Å². The summed E-state index contributed by atoms with van der Waals surface area (Å²) in [4.78, 5) is 12.8. The number of aliphatic hydroxyl groups is 1. The summed E-state index contributed by atoms with van der Waals surface area (Å²) in [6.45, 7) is 1.99. The Labute approximate surface area is 118 Å². The fourth-order valence-electron chi connectivity index (χ4n) is 1.44. The standard InChI is InChI=1S/C11H16BrNO2S2/c1-7(9(6-14)16-2)13-11(15)5-8-3-4-10(12)17-8/h3-4,7,9,14H,5-6H2,1-2H3,(H,13,15). The van der Waals surface area contributed by atoms with Crippen molar-refractivity contribution in [3.05, 3.63) is 20.8 Å². The van der Waals surface area contributed by atoms with Gasteiger partial charge in [-0.05, 0) is 41.2 Å². The molecule has 1 amide bonds. The Morgan fingerprint density at radius 1 is 1.65 bits per heavy atom. The van der Waals surface area contributed by atoms with Gasteiger partial charge in [-0.15, -0.1) is 11.3 Å². The molecule has 2 unspecified atom stereocenters. The molecule has 0 saturated carbocycles. The van der Waals surface area contributed by atoms with Gasteiger partial charge in [0.15, 0.2) is 0 Å². The summed E-state index contributed by atoms with van der Waals surface area (Å²) in [5.41, 5.74) is 0. The van der Waals surface area contributed by atoms with E-state index < -0.39 is 0 Å². The first-order valence-corrected chi connectivity index (χ1v) is 8.13. The highest BCUT2D eigenvalue weighted by molar-refractivity contribution is 9.11. The maximum Gasteiger partial charge on any atom is 0.225 e. The molecule has 0 radical (unpaired) electrons. The highest BCUT2D eigenvalue weighted by Crippen LogP contribution is 2.22. The van der Waals surface area contributed by atoms with E-state index in [4.69, 9.17) is 5.11 Å². The fourth-order valence-corrected chi connectivity index (χ4v) is 3.55. The molecule has 0 aliphatic rings. The van der Waals surface area contributed by atoms with E-state index in [0.29, 0.717) is 6.42 Å². The van der Waals surface area contributed by atoms with Gasteiger partial charge in [0, 0.05) is 16.2 Å². The Kier molecular flexibility index (Phi) is 6.54. The Hall–Kier alpha value is -0.0400. The number of aliphatic hydroxyl groups excluding tert-OH is 1. The third-order valence-electron chi connectivity index (χ3n) is 2.39. The molecule has 1 heterocycles. The van der Waals surface area contributed by atoms with Crippen molar-refractivity contribution in [2.45, 2.75) is 24.6 Å². The van der Waals surface area contributed by atoms with Crippen molar-refractivity contribution in [1.29, 1.82) is 0 Å². The Balaban J connectivity index is 2.44. The van der Waals surface area contributed by atoms with Crippen molar-refractivity contribution in [1.82, 2.24) is 5.32 Å². The van der Waals surface area contributed by atoms with Crippen molar-refractivity contribution in [3.8, 4) is 0 Å². The zero-order valence-electron chi connectivity index (χ0n) is 9.77. The number of nitrogens with one attached hydrogen (secondary N) is 1. The van der Waals surface area contributed by atoms with Gasteiger partial charge in [0.25, 0.3) is 0 Å². The number of hydrogen-bond acceptors (Lipinski definition) is 4. The number of carbonyl (C=O) groups is 1. The van der Waals surface area contributed by atoms with Crippen molar-refractivity contribution in [2.24, 2.45) is 0 Å². The van der Waals surface area contributed by atoms with Gasteiger partial charge >= 0.3 is 0 Å². The lowest BCUT2D eigenvalue weighted by Crippen LogP contribution is -2.41. The summed E-state index contributed by atoms with van der Waals surface area (Å²) >= 11 is 6.49. The smallest absolute Gasteiger partial charge is 0.225 e. The van der Waals surface area contributed by atoms with Crippen molar-refractivity contribution >= 4 is 44.9 Å². The summed E-state index contributed by atoms with van der Waals surface area (Å²) in [5, 5.41) is 12.1. The number of amides is 1. The topological polar surface area (TPSA) is 49.3 Å². The van der Waals surface area contributed by atoms with Crippen LogP contribution in [0.2, 0.25) is 0 Å². The van der Waals surface area contributed by atoms with Gasteiger partial charge in [0.1, 0.15) is 0 Å². The van der Waals surface area contributed by atoms with Gasteiger partial charge in [0.05, 0.1) is 16.8 Å². The molecule has 96 valence electrons. The first-order valence-electron chi connectivity index (χ1n) is 5.24. The molecule has 2 atom stereocenters. The quantitative estimate of drug-likeness (QED) is 0.837. The van der Waals surface area contributed by atoms with E-state index >= 15 is 0 Å². The maximum absolute atomic E-state index is 11.8. The molecule has 0 fully saturated rings. The predicted octanol–water partition coefficient (Wildman–Crippen LogP) is 2.28. The van der Waals surface area contributed by atoms with E-state index in [-0.39, 0.29) is 23.8 Å². The number of halogens is 1. The SMILES string of the molecule is CSC(CO)C(C)NC(=O)Cc1ccc(Br)s1. The molecule has 1 aromatic heterocycles. The van der Waals surface area contributed by atoms with Crippen LogP contribution in [-0.2, 0) is 11.2 Å². The predicted molar refractivity (Wildman–Crippen MR) is 77.7 cm³/mol. The highest BCUT2D eigenvalue weighted by atomic mass is 79.9. The Bertz CT molecular complexity index is 366. The molecular formula is C11H16BrNO2S2. The van der Waals surface area contributed by atoms with Gasteiger partial charge in [-0.25, -0.2) is 0 Å². The van der Waals surface area contributed by atoms with Crippen LogP contribution in [0.25, 0.3) is 0 Å². The maximum atomic E-state index is 11.8. The molecule has 1 rings (SSSR count). The number of hydrogen-bond donors (Lipinski definition) is 2. The van der Waals surface area contributed by atoms with Gasteiger partial charge in [-0.3, -0.25) is 4.79 Å². The molecule has 2 N–H and O–H groups in total. The molecule has 1 aromatic rings. The number of rotatable bonds is 6. The van der Waals surface area contributed by atoms with Crippen LogP contribution in [0, 0.1) is 0 Å². The van der Waals surface area contributed by atoms with Crippen LogP contribution in [0.5, 0.6) is 0 Å². The van der Waals surface area contributed by atoms with E-state index in [1.54, 1.807) is 23.1 Å². The van der Waals surface area contributed by atoms with Crippen molar-refractivity contribution < 1.29 is 9.90 Å². The molecule has 6 heteroatoms. The minimum Gasteiger partial charge on any atom is -0.395 e. The summed E-state index contributed by atoms with van der Waals surface area (Å²) in [6, 6.07) is 3.86. The first-order chi connectivity index (χ1) is 8.06. The molecular weight excluding hydrogens is 322 g/mol. The van der Waals surface area contributed by atoms with Crippen molar-refractivity contribution in [3.63, 3.8) is 0 Å². The molecule has 0 aliphatic carbocycles. The van der Waals surface area contributed by atoms with Crippen LogP contribution in [-0.4, -0.2) is 35.2 Å². The number of carbonyl (C=O) groups excluding carboxylic acids is 1. The second kappa shape index (κ2) is 7.41. The van der Waals surface area contributed by atoms with E-state index in [2.05, 4.69) is 21.2 Å². The average molecular weight is 338 g/mol. The monoisotopic (exact) mass is 337 g/mol. The van der Waals surface area contributed by atoms with Crippen molar-refractivity contribution in [2.75, 3.05) is 12.9 Å². The average Bonchev–Trinajstić information content (AvgIpc) is 2.65. The summed E-state index contributed by atoms with van der Waals surface area (Å²) in [6.07, 6.45) is 2.33. The zero-order chi connectivity index (χ0) is 12.8. The van der Waals surface area contributed by atoms with Crippen LogP contribution in [0.3, 0.4) is 0 Å². The summed E-state index contributed by atoms with van der Waals surface area (Å²) in [7, 11) is 0. The van der Waals surface area contributed by atoms with E-state index in [0.717, 1.165) is 8.66 Å². The molecule has 0 aromatic carbocycles. The Morgan fingerprint density at radius 2 is 2.35 bits per heavy atom. The molecule has 3 nitrogen and oxygen atoms in total. The third-order valence-corrected chi connectivity index (χ3v) is 5.18. The minimum atomic E-state index is -0.0223. The van der Waals surface area contributed by atoms with Crippen LogP contribution in [0.4, 0.5) is 0 Å². The van der Waals surface area contributed by atoms with E-state index in [1.165, 1.54) is 0 Å². The largest absolute Gasteiger partial charge is 0.395 e. The minimum absolute atomic E-state index is 0.000602. The fraction of sp³-hybridized carbons (Fsp3) is 0.545. The van der Waals surface area contributed by atoms with Gasteiger partial charge in [-0.1, -0.05) is 0 Å². The molecule has 0 aliphatic heterocycles. The Morgan fingerprint density at radius 3 is 2.82 bits per heavy atom. The zero-order valence-corrected chi connectivity index (χ0v) is 13.0. The normalized spacial score (nSPS) is 14.4. The molecule has 0 saturated heterocycles. The van der Waals surface area contributed by atoms with Gasteiger partial charge in [-0.2, -0.15) is 11.8 Å². The third kappa shape index (κ3) is 4.99. The second-order valence-corrected chi connectivity index (χ2v) is 7.32. The summed E-state index contributed by atoms with van der Waals surface area (Å²) in [5.74, 6) is -0.000602. The van der Waals surface area contributed by atoms with Gasteiger partial charge in [0.2, 0.25) is 5.91 Å². The number of thioether (sulfide) groups is 1. The molecule has 0 spiro atoms. The van der Waals surface area contributed by atoms with Gasteiger partial charge < -0.3 is 10.4 Å². The lowest BCUT2D eigenvalue weighted by atomic mass is 10.2. The van der Waals surface area contributed by atoms with E-state index in [1.807, 2.05) is 25.3 Å². The first kappa shape index (κ1) is 15.0. The van der Waals surface area contributed by atoms with E-state index in [9.17, 15) is 4.79 Å². The highest BCUT2D eigenvalue weighted by Gasteiger charge is 2.17. The second-order valence-electron chi connectivity index (χ2n) is 3.70. The summed E-state index contributed by atoms with van der Waals surface area (Å²) < 4.78 is 1.03. The molecule has 0 bridgehead atoms. The number of thiophene rings is 1. The van der Waals surface area contributed by atoms with Crippen LogP contribution in [0.1, 0.15) is 11.8 Å². The van der Waals surface area contributed by atoms with Crippen LogP contribution in [0.15, 0.2) is 15.9 Å². The lowest BCUT2D eigenvalue weighted by Gasteiger charge is -2.21. The molecule has 17 heavy (non-hydrogen) atoms. The van der Waals surface area contributed by atoms with Crippen LogP contribution >= 0.6 is 39.0 Å². The lowest BCUT2D eigenvalue weighted by molar-refractivity contribution is -0.121.